The van der Waals surface area contributed by atoms with Crippen LogP contribution in [0.25, 0.3) is 0 Å². The van der Waals surface area contributed by atoms with E-state index in [1.165, 1.54) is 0 Å². The van der Waals surface area contributed by atoms with Crippen LogP contribution in [0.1, 0.15) is 26.0 Å². The third-order valence-corrected chi connectivity index (χ3v) is 2.82. The third-order valence-electron chi connectivity index (χ3n) is 2.82. The van der Waals surface area contributed by atoms with Crippen LogP contribution in [0.4, 0.5) is 6.01 Å². The van der Waals surface area contributed by atoms with Gasteiger partial charge in [0.25, 0.3) is 6.01 Å². The minimum absolute atomic E-state index is 0.653. The number of hydrogen-bond acceptors (Lipinski definition) is 5. The first kappa shape index (κ1) is 16.0. The van der Waals surface area contributed by atoms with E-state index in [4.69, 9.17) is 4.42 Å². The van der Waals surface area contributed by atoms with E-state index in [0.717, 1.165) is 38.3 Å². The Morgan fingerprint density at radius 2 is 2.00 bits per heavy atom. The summed E-state index contributed by atoms with van der Waals surface area (Å²) in [5.41, 5.74) is 0.968. The summed E-state index contributed by atoms with van der Waals surface area (Å²) in [5.74, 6) is 0.653. The number of oxazole rings is 1. The van der Waals surface area contributed by atoms with Crippen LogP contribution in [0.5, 0.6) is 0 Å². The van der Waals surface area contributed by atoms with Gasteiger partial charge in [-0.15, -0.1) is 0 Å². The normalized spacial score (nSPS) is 11.5. The van der Waals surface area contributed by atoms with Crippen LogP contribution in [0, 0.1) is 5.92 Å². The molecule has 0 aliphatic heterocycles. The standard InChI is InChI=1S/C14H28N4O/c1-12(2)9-15-10-13-11-19-14(16-13)18(5)8-6-7-17(3)4/h11-12,15H,6-10H2,1-5H3. The molecule has 1 N–H and O–H groups in total. The van der Waals surface area contributed by atoms with Gasteiger partial charge in [0.1, 0.15) is 6.26 Å². The molecule has 0 atom stereocenters. The van der Waals surface area contributed by atoms with Gasteiger partial charge in [0.2, 0.25) is 0 Å². The first-order valence-electron chi connectivity index (χ1n) is 7.00. The van der Waals surface area contributed by atoms with Crippen molar-refractivity contribution in [1.82, 2.24) is 15.2 Å². The Bertz CT molecular complexity index is 349. The summed E-state index contributed by atoms with van der Waals surface area (Å²) in [6.07, 6.45) is 2.85. The lowest BCUT2D eigenvalue weighted by atomic mass is 10.2. The second kappa shape index (κ2) is 8.17. The molecule has 0 fully saturated rings. The number of hydrogen-bond donors (Lipinski definition) is 1. The van der Waals surface area contributed by atoms with Crippen LogP contribution >= 0.6 is 0 Å². The average molecular weight is 268 g/mol. The van der Waals surface area contributed by atoms with Crippen LogP contribution in [-0.2, 0) is 6.54 Å². The quantitative estimate of drug-likeness (QED) is 0.740. The molecule has 19 heavy (non-hydrogen) atoms. The Morgan fingerprint density at radius 3 is 2.63 bits per heavy atom. The molecule has 5 heteroatoms. The topological polar surface area (TPSA) is 44.5 Å². The van der Waals surface area contributed by atoms with Crippen molar-refractivity contribution in [2.24, 2.45) is 5.92 Å². The molecule has 0 saturated carbocycles. The first-order valence-corrected chi connectivity index (χ1v) is 7.00. The molecule has 0 aliphatic carbocycles. The lowest BCUT2D eigenvalue weighted by Crippen LogP contribution is -2.23. The van der Waals surface area contributed by atoms with Crippen molar-refractivity contribution in [3.8, 4) is 0 Å². The Balaban J connectivity index is 2.32. The summed E-state index contributed by atoms with van der Waals surface area (Å²) in [6.45, 7) is 8.19. The zero-order valence-corrected chi connectivity index (χ0v) is 12.9. The van der Waals surface area contributed by atoms with Gasteiger partial charge in [0.15, 0.2) is 0 Å². The van der Waals surface area contributed by atoms with Crippen LogP contribution in [0.3, 0.4) is 0 Å². The molecule has 0 aromatic carbocycles. The second-order valence-electron chi connectivity index (χ2n) is 5.72. The third kappa shape index (κ3) is 6.59. The second-order valence-corrected chi connectivity index (χ2v) is 5.72. The fourth-order valence-corrected chi connectivity index (χ4v) is 1.76. The zero-order valence-electron chi connectivity index (χ0n) is 12.9. The minimum atomic E-state index is 0.653. The van der Waals surface area contributed by atoms with E-state index >= 15 is 0 Å². The van der Waals surface area contributed by atoms with Crippen molar-refractivity contribution in [2.45, 2.75) is 26.8 Å². The highest BCUT2D eigenvalue weighted by atomic mass is 16.4. The number of nitrogens with zero attached hydrogens (tertiary/aromatic N) is 3. The summed E-state index contributed by atoms with van der Waals surface area (Å²) in [6, 6.07) is 0.708. The van der Waals surface area contributed by atoms with Gasteiger partial charge in [-0.1, -0.05) is 13.8 Å². The van der Waals surface area contributed by atoms with Crippen molar-refractivity contribution in [2.75, 3.05) is 45.7 Å². The van der Waals surface area contributed by atoms with Crippen LogP contribution in [-0.4, -0.2) is 50.7 Å². The van der Waals surface area contributed by atoms with E-state index in [9.17, 15) is 0 Å². The van der Waals surface area contributed by atoms with E-state index < -0.39 is 0 Å². The van der Waals surface area contributed by atoms with Gasteiger partial charge in [0.05, 0.1) is 5.69 Å². The highest BCUT2D eigenvalue weighted by molar-refractivity contribution is 5.24. The molecule has 1 aromatic rings. The van der Waals surface area contributed by atoms with E-state index in [-0.39, 0.29) is 0 Å². The van der Waals surface area contributed by atoms with E-state index in [0.29, 0.717) is 11.9 Å². The molecular weight excluding hydrogens is 240 g/mol. The maximum atomic E-state index is 5.50. The maximum absolute atomic E-state index is 5.50. The molecule has 0 radical (unpaired) electrons. The number of aromatic nitrogens is 1. The fourth-order valence-electron chi connectivity index (χ4n) is 1.76. The molecule has 0 amide bonds. The molecule has 0 saturated heterocycles. The van der Waals surface area contributed by atoms with Gasteiger partial charge in [-0.3, -0.25) is 0 Å². The monoisotopic (exact) mass is 268 g/mol. The fraction of sp³-hybridized carbons (Fsp3) is 0.786. The summed E-state index contributed by atoms with van der Waals surface area (Å²) >= 11 is 0. The van der Waals surface area contributed by atoms with Gasteiger partial charge >= 0.3 is 0 Å². The summed E-state index contributed by atoms with van der Waals surface area (Å²) < 4.78 is 5.50. The molecule has 1 heterocycles. The van der Waals surface area contributed by atoms with Crippen molar-refractivity contribution >= 4 is 6.01 Å². The van der Waals surface area contributed by atoms with Crippen molar-refractivity contribution in [1.29, 1.82) is 0 Å². The molecule has 5 nitrogen and oxygen atoms in total. The molecule has 0 aliphatic rings. The molecule has 110 valence electrons. The number of rotatable bonds is 9. The Kier molecular flexibility index (Phi) is 6.87. The van der Waals surface area contributed by atoms with Crippen molar-refractivity contribution in [3.05, 3.63) is 12.0 Å². The lowest BCUT2D eigenvalue weighted by Gasteiger charge is -2.16. The summed E-state index contributed by atoms with van der Waals surface area (Å²) in [5, 5.41) is 3.36. The predicted molar refractivity (Wildman–Crippen MR) is 79.5 cm³/mol. The molecule has 0 unspecified atom stereocenters. The van der Waals surface area contributed by atoms with Gasteiger partial charge in [0, 0.05) is 20.1 Å². The minimum Gasteiger partial charge on any atom is -0.432 e. The van der Waals surface area contributed by atoms with Crippen LogP contribution in [0.2, 0.25) is 0 Å². The SMILES string of the molecule is CC(C)CNCc1coc(N(C)CCCN(C)C)n1. The summed E-state index contributed by atoms with van der Waals surface area (Å²) in [4.78, 5) is 8.74. The van der Waals surface area contributed by atoms with Gasteiger partial charge in [-0.25, -0.2) is 0 Å². The average Bonchev–Trinajstić information content (AvgIpc) is 2.76. The van der Waals surface area contributed by atoms with Gasteiger partial charge in [-0.05, 0) is 39.5 Å². The van der Waals surface area contributed by atoms with Crippen molar-refractivity contribution in [3.63, 3.8) is 0 Å². The first-order chi connectivity index (χ1) is 8.99. The molecule has 0 bridgehead atoms. The van der Waals surface area contributed by atoms with Crippen molar-refractivity contribution < 1.29 is 4.42 Å². The van der Waals surface area contributed by atoms with E-state index in [1.807, 2.05) is 7.05 Å². The Labute approximate surface area is 117 Å². The highest BCUT2D eigenvalue weighted by Gasteiger charge is 2.08. The van der Waals surface area contributed by atoms with Crippen LogP contribution < -0.4 is 10.2 Å². The zero-order chi connectivity index (χ0) is 14.3. The van der Waals surface area contributed by atoms with E-state index in [1.54, 1.807) is 6.26 Å². The maximum Gasteiger partial charge on any atom is 0.297 e. The number of anilines is 1. The molecular formula is C14H28N4O. The van der Waals surface area contributed by atoms with Crippen LogP contribution in [0.15, 0.2) is 10.7 Å². The predicted octanol–water partition coefficient (Wildman–Crippen LogP) is 1.81. The largest absolute Gasteiger partial charge is 0.432 e. The molecule has 0 spiro atoms. The molecule has 1 aromatic heterocycles. The summed E-state index contributed by atoms with van der Waals surface area (Å²) in [7, 11) is 6.19. The highest BCUT2D eigenvalue weighted by Crippen LogP contribution is 2.12. The lowest BCUT2D eigenvalue weighted by molar-refractivity contribution is 0.399. The Hall–Kier alpha value is -1.07. The van der Waals surface area contributed by atoms with E-state index in [2.05, 4.69) is 48.0 Å². The van der Waals surface area contributed by atoms with Gasteiger partial charge < -0.3 is 19.5 Å². The molecule has 1 rings (SSSR count). The number of nitrogens with one attached hydrogen (secondary N) is 1. The van der Waals surface area contributed by atoms with Gasteiger partial charge in [-0.2, -0.15) is 4.98 Å². The Morgan fingerprint density at radius 1 is 1.26 bits per heavy atom. The smallest absolute Gasteiger partial charge is 0.297 e.